The van der Waals surface area contributed by atoms with E-state index in [9.17, 15) is 23.6 Å². The van der Waals surface area contributed by atoms with Gasteiger partial charge in [0.2, 0.25) is 0 Å². The molecule has 0 aromatic heterocycles. The van der Waals surface area contributed by atoms with Crippen LogP contribution in [0.1, 0.15) is 71.3 Å². The molecule has 3 atom stereocenters. The van der Waals surface area contributed by atoms with Gasteiger partial charge in [0.1, 0.15) is 17.5 Å². The van der Waals surface area contributed by atoms with Crippen molar-refractivity contribution in [3.05, 3.63) is 60.2 Å². The van der Waals surface area contributed by atoms with E-state index in [0.717, 1.165) is 18.4 Å². The maximum atomic E-state index is 14.4. The molecular weight excluding hydrogens is 542 g/mol. The van der Waals surface area contributed by atoms with Crippen molar-refractivity contribution < 1.29 is 27.8 Å². The zero-order valence-electron chi connectivity index (χ0n) is 24.4. The summed E-state index contributed by atoms with van der Waals surface area (Å²) in [4.78, 5) is 10.7. The van der Waals surface area contributed by atoms with Gasteiger partial charge in [0, 0.05) is 6.42 Å². The fourth-order valence-electron chi connectivity index (χ4n) is 5.79. The summed E-state index contributed by atoms with van der Waals surface area (Å²) in [7, 11) is -2.90. The monoisotopic (exact) mass is 585 g/mol. The third kappa shape index (κ3) is 8.00. The number of aliphatic hydroxyl groups excluding tert-OH is 1. The molecule has 224 valence electrons. The van der Waals surface area contributed by atoms with E-state index in [-0.39, 0.29) is 24.2 Å². The molecule has 3 rings (SSSR count). The van der Waals surface area contributed by atoms with Crippen molar-refractivity contribution in [3.8, 4) is 11.8 Å². The van der Waals surface area contributed by atoms with Crippen molar-refractivity contribution >= 4 is 15.9 Å². The smallest absolute Gasteiger partial charge is 0.407 e. The van der Waals surface area contributed by atoms with Crippen molar-refractivity contribution in [1.29, 1.82) is 5.26 Å². The van der Waals surface area contributed by atoms with Gasteiger partial charge in [0.15, 0.2) is 14.7 Å². The molecule has 1 aliphatic carbocycles. The van der Waals surface area contributed by atoms with E-state index in [1.807, 2.05) is 30.3 Å². The molecule has 0 saturated heterocycles. The van der Waals surface area contributed by atoms with Gasteiger partial charge < -0.3 is 25.6 Å². The van der Waals surface area contributed by atoms with E-state index in [1.54, 1.807) is 20.8 Å². The molecule has 0 aliphatic heterocycles. The Morgan fingerprint density at radius 3 is 2.27 bits per heavy atom. The van der Waals surface area contributed by atoms with Crippen LogP contribution in [-0.2, 0) is 21.0 Å². The highest BCUT2D eigenvalue weighted by Gasteiger charge is 2.55. The quantitative estimate of drug-likeness (QED) is 0.319. The lowest BCUT2D eigenvalue weighted by Gasteiger charge is -2.43. The zero-order valence-corrected chi connectivity index (χ0v) is 25.2. The average molecular weight is 586 g/mol. The summed E-state index contributed by atoms with van der Waals surface area (Å²) in [6.45, 7) is 5.15. The van der Waals surface area contributed by atoms with Crippen LogP contribution in [-0.4, -0.2) is 49.3 Å². The number of aliphatic hydroxyl groups is 1. The lowest BCUT2D eigenvalue weighted by Crippen LogP contribution is -2.66. The van der Waals surface area contributed by atoms with E-state index in [4.69, 9.17) is 15.2 Å². The molecule has 0 heterocycles. The molecule has 2 aromatic rings. The topological polar surface area (TPSA) is 152 Å². The number of benzene rings is 2. The molecule has 0 bridgehead atoms. The first-order valence-corrected chi connectivity index (χ1v) is 15.5. The van der Waals surface area contributed by atoms with Crippen LogP contribution in [0.2, 0.25) is 0 Å². The third-order valence-corrected chi connectivity index (χ3v) is 10.1. The Kier molecular flexibility index (Phi) is 10.5. The van der Waals surface area contributed by atoms with Gasteiger partial charge in [-0.1, -0.05) is 43.2 Å². The van der Waals surface area contributed by atoms with Crippen LogP contribution in [0.3, 0.4) is 0 Å². The predicted molar refractivity (Wildman–Crippen MR) is 157 cm³/mol. The molecule has 4 N–H and O–H groups in total. The maximum absolute atomic E-state index is 14.4. The van der Waals surface area contributed by atoms with Gasteiger partial charge in [0.25, 0.3) is 0 Å². The number of methoxy groups -OCH3 is 1. The van der Waals surface area contributed by atoms with Gasteiger partial charge in [-0.15, -0.1) is 0 Å². The van der Waals surface area contributed by atoms with Crippen LogP contribution < -0.4 is 15.8 Å². The third-order valence-electron chi connectivity index (χ3n) is 7.84. The number of carbonyl (C=O) groups excluding carboxylic acids is 1. The van der Waals surface area contributed by atoms with E-state index >= 15 is 0 Å². The molecule has 9 nitrogen and oxygen atoms in total. The number of sulfone groups is 1. The Labute approximate surface area is 244 Å². The van der Waals surface area contributed by atoms with Crippen LogP contribution in [0.25, 0.3) is 0 Å². The van der Waals surface area contributed by atoms with Crippen LogP contribution in [0.5, 0.6) is 5.75 Å². The number of hydrogen-bond donors (Lipinski definition) is 3. The lowest BCUT2D eigenvalue weighted by atomic mass is 9.74. The lowest BCUT2D eigenvalue weighted by molar-refractivity contribution is 0.0290. The Morgan fingerprint density at radius 1 is 1.12 bits per heavy atom. The molecule has 41 heavy (non-hydrogen) atoms. The van der Waals surface area contributed by atoms with Gasteiger partial charge in [-0.2, -0.15) is 5.26 Å². The molecule has 2 aromatic carbocycles. The Hall–Kier alpha value is -3.13. The normalized spacial score (nSPS) is 18.0. The van der Waals surface area contributed by atoms with Crippen molar-refractivity contribution in [2.24, 2.45) is 11.1 Å². The number of carbonyl (C=O) groups is 1. The first-order chi connectivity index (χ1) is 19.2. The Balaban J connectivity index is 2.12. The molecule has 1 aliphatic rings. The highest BCUT2D eigenvalue weighted by molar-refractivity contribution is 7.92. The number of nitriles is 1. The summed E-state index contributed by atoms with van der Waals surface area (Å²) >= 11 is 0. The van der Waals surface area contributed by atoms with E-state index < -0.39 is 44.0 Å². The van der Waals surface area contributed by atoms with Gasteiger partial charge >= 0.3 is 6.09 Å². The van der Waals surface area contributed by atoms with Crippen molar-refractivity contribution in [2.45, 2.75) is 99.7 Å². The second-order valence-electron chi connectivity index (χ2n) is 12.1. The number of nitrogens with one attached hydrogen (secondary N) is 1. The van der Waals surface area contributed by atoms with Gasteiger partial charge in [-0.05, 0) is 88.1 Å². The average Bonchev–Trinajstić information content (AvgIpc) is 3.38. The number of hydrogen-bond acceptors (Lipinski definition) is 8. The second-order valence-corrected chi connectivity index (χ2v) is 14.3. The first kappa shape index (κ1) is 32.4. The SMILES string of the molecule is COc1ccc(S(=O)(=O)C(N)(CC2(CCC#N)CCCC2)C(O)C(Cc2ccccc2)NC(=O)OC(C)(C)C)cc1. The minimum Gasteiger partial charge on any atom is -0.497 e. The molecule has 1 saturated carbocycles. The molecule has 3 unspecified atom stereocenters. The fourth-order valence-corrected chi connectivity index (χ4v) is 7.70. The minimum atomic E-state index is -4.39. The van der Waals surface area contributed by atoms with Crippen LogP contribution in [0.15, 0.2) is 59.5 Å². The molecular formula is C31H43N3O6S. The number of nitrogens with two attached hydrogens (primary N) is 1. The molecule has 0 spiro atoms. The highest BCUT2D eigenvalue weighted by Crippen LogP contribution is 2.50. The maximum Gasteiger partial charge on any atom is 0.407 e. The van der Waals surface area contributed by atoms with Crippen molar-refractivity contribution in [3.63, 3.8) is 0 Å². The van der Waals surface area contributed by atoms with E-state index in [1.165, 1.54) is 31.4 Å². The number of ether oxygens (including phenoxy) is 2. The van der Waals surface area contributed by atoms with E-state index in [2.05, 4.69) is 11.4 Å². The molecule has 1 amide bonds. The minimum absolute atomic E-state index is 0.0657. The number of alkyl carbamates (subject to hydrolysis) is 1. The van der Waals surface area contributed by atoms with E-state index in [0.29, 0.717) is 25.0 Å². The highest BCUT2D eigenvalue weighted by atomic mass is 32.2. The van der Waals surface area contributed by atoms with Crippen LogP contribution >= 0.6 is 0 Å². The van der Waals surface area contributed by atoms with Gasteiger partial charge in [0.05, 0.1) is 24.1 Å². The summed E-state index contributed by atoms with van der Waals surface area (Å²) in [5, 5.41) is 24.2. The largest absolute Gasteiger partial charge is 0.497 e. The number of amides is 1. The Morgan fingerprint density at radius 2 is 1.73 bits per heavy atom. The van der Waals surface area contributed by atoms with Crippen molar-refractivity contribution in [2.75, 3.05) is 7.11 Å². The summed E-state index contributed by atoms with van der Waals surface area (Å²) < 4.78 is 39.5. The summed E-state index contributed by atoms with van der Waals surface area (Å²) in [6, 6.07) is 16.1. The summed E-state index contributed by atoms with van der Waals surface area (Å²) in [5.41, 5.74) is 6.39. The van der Waals surface area contributed by atoms with Crippen LogP contribution in [0.4, 0.5) is 4.79 Å². The summed E-state index contributed by atoms with van der Waals surface area (Å²) in [5.74, 6) is 0.474. The van der Waals surface area contributed by atoms with Crippen molar-refractivity contribution in [1.82, 2.24) is 5.32 Å². The second kappa shape index (κ2) is 13.2. The molecule has 10 heteroatoms. The first-order valence-electron chi connectivity index (χ1n) is 14.0. The Bertz CT molecular complexity index is 1300. The molecule has 1 fully saturated rings. The number of rotatable bonds is 12. The fraction of sp³-hybridized carbons (Fsp3) is 0.548. The predicted octanol–water partition coefficient (Wildman–Crippen LogP) is 4.88. The van der Waals surface area contributed by atoms with Crippen LogP contribution in [0, 0.1) is 16.7 Å². The summed E-state index contributed by atoms with van der Waals surface area (Å²) in [6.07, 6.45) is 1.40. The van der Waals surface area contributed by atoms with Gasteiger partial charge in [-0.25, -0.2) is 13.2 Å². The van der Waals surface area contributed by atoms with Gasteiger partial charge in [-0.3, -0.25) is 0 Å². The molecule has 0 radical (unpaired) electrons. The standard InChI is InChI=1S/C31H43N3O6S/c1-29(2,3)40-28(36)34-26(21-23-11-6-5-7-12-23)27(35)31(33,22-30(19-10-20-32)17-8-9-18-30)41(37,38)25-15-13-24(39-4)14-16-25/h5-7,11-16,26-27,35H,8-10,17-19,21-22,33H2,1-4H3,(H,34,36). The number of nitrogens with zero attached hydrogens (tertiary/aromatic N) is 1. The zero-order chi connectivity index (χ0) is 30.3.